The van der Waals surface area contributed by atoms with Crippen molar-refractivity contribution in [3.63, 3.8) is 0 Å². The third-order valence-corrected chi connectivity index (χ3v) is 2.09. The predicted octanol–water partition coefficient (Wildman–Crippen LogP) is 1.73. The highest BCUT2D eigenvalue weighted by molar-refractivity contribution is 5.94. The molecule has 0 aromatic heterocycles. The molecule has 18 heavy (non-hydrogen) atoms. The van der Waals surface area contributed by atoms with Crippen LogP contribution in [-0.4, -0.2) is 30.9 Å². The second-order valence-corrected chi connectivity index (χ2v) is 5.47. The number of ether oxygens (including phenoxy) is 2. The number of hydrogen-bond donors (Lipinski definition) is 0. The van der Waals surface area contributed by atoms with Crippen LogP contribution in [-0.2, 0) is 23.9 Å². The van der Waals surface area contributed by atoms with E-state index in [4.69, 9.17) is 9.47 Å². The fourth-order valence-electron chi connectivity index (χ4n) is 1.00. The van der Waals surface area contributed by atoms with Gasteiger partial charge in [0, 0.05) is 5.41 Å². The predicted molar refractivity (Wildman–Crippen MR) is 65.8 cm³/mol. The summed E-state index contributed by atoms with van der Waals surface area (Å²) in [6, 6.07) is 0. The average Bonchev–Trinajstić information content (AvgIpc) is 2.22. The molecule has 0 radical (unpaired) electrons. The zero-order chi connectivity index (χ0) is 14.3. The summed E-state index contributed by atoms with van der Waals surface area (Å²) < 4.78 is 10.0. The molecule has 5 nitrogen and oxygen atoms in total. The third kappa shape index (κ3) is 7.81. The van der Waals surface area contributed by atoms with Crippen molar-refractivity contribution in [3.05, 3.63) is 0 Å². The van der Waals surface area contributed by atoms with Gasteiger partial charge in [-0.05, 0) is 6.92 Å². The standard InChI is InChI=1S/C13H22O5/c1-9(2)12(16)18-8-13(4,5)7-17-11(15)6-10(3)14/h9H,6-8H2,1-5H3. The van der Waals surface area contributed by atoms with Gasteiger partial charge in [0.25, 0.3) is 0 Å². The van der Waals surface area contributed by atoms with Crippen LogP contribution in [0.3, 0.4) is 0 Å². The van der Waals surface area contributed by atoms with Crippen molar-refractivity contribution in [2.24, 2.45) is 11.3 Å². The van der Waals surface area contributed by atoms with E-state index in [9.17, 15) is 14.4 Å². The fourth-order valence-corrected chi connectivity index (χ4v) is 1.00. The van der Waals surface area contributed by atoms with Crippen LogP contribution in [0.25, 0.3) is 0 Å². The van der Waals surface area contributed by atoms with E-state index in [1.54, 1.807) is 13.8 Å². The van der Waals surface area contributed by atoms with Crippen LogP contribution in [0.1, 0.15) is 41.0 Å². The Morgan fingerprint density at radius 2 is 1.56 bits per heavy atom. The van der Waals surface area contributed by atoms with E-state index in [1.165, 1.54) is 6.92 Å². The van der Waals surface area contributed by atoms with E-state index < -0.39 is 11.4 Å². The largest absolute Gasteiger partial charge is 0.465 e. The van der Waals surface area contributed by atoms with E-state index in [1.807, 2.05) is 13.8 Å². The number of Topliss-reactive ketones (excluding diaryl/α,β-unsaturated/α-hetero) is 1. The summed E-state index contributed by atoms with van der Waals surface area (Å²) in [4.78, 5) is 33.2. The van der Waals surface area contributed by atoms with E-state index in [2.05, 4.69) is 0 Å². The van der Waals surface area contributed by atoms with Crippen molar-refractivity contribution in [1.29, 1.82) is 0 Å². The van der Waals surface area contributed by atoms with Crippen LogP contribution in [0.4, 0.5) is 0 Å². The lowest BCUT2D eigenvalue weighted by Crippen LogP contribution is -2.29. The Labute approximate surface area is 108 Å². The fraction of sp³-hybridized carbons (Fsp3) is 0.769. The molecular weight excluding hydrogens is 236 g/mol. The molecule has 0 fully saturated rings. The number of rotatable bonds is 7. The Morgan fingerprint density at radius 3 is 2.00 bits per heavy atom. The minimum absolute atomic E-state index is 0.116. The summed E-state index contributed by atoms with van der Waals surface area (Å²) in [6.45, 7) is 8.77. The maximum Gasteiger partial charge on any atom is 0.313 e. The van der Waals surface area contributed by atoms with Crippen molar-refractivity contribution in [2.75, 3.05) is 13.2 Å². The molecule has 0 aromatic rings. The number of esters is 2. The molecule has 0 saturated heterocycles. The van der Waals surface area contributed by atoms with Crippen LogP contribution in [0.2, 0.25) is 0 Å². The smallest absolute Gasteiger partial charge is 0.313 e. The molecule has 0 rings (SSSR count). The lowest BCUT2D eigenvalue weighted by atomic mass is 9.96. The average molecular weight is 258 g/mol. The third-order valence-electron chi connectivity index (χ3n) is 2.09. The summed E-state index contributed by atoms with van der Waals surface area (Å²) in [5, 5.41) is 0. The first kappa shape index (κ1) is 16.6. The summed E-state index contributed by atoms with van der Waals surface area (Å²) >= 11 is 0. The molecule has 0 heterocycles. The van der Waals surface area contributed by atoms with Crippen LogP contribution >= 0.6 is 0 Å². The molecule has 0 amide bonds. The highest BCUT2D eigenvalue weighted by Crippen LogP contribution is 2.17. The highest BCUT2D eigenvalue weighted by Gasteiger charge is 2.23. The minimum Gasteiger partial charge on any atom is -0.465 e. The molecular formula is C13H22O5. The van der Waals surface area contributed by atoms with E-state index in [0.29, 0.717) is 0 Å². The topological polar surface area (TPSA) is 69.7 Å². The van der Waals surface area contributed by atoms with Crippen LogP contribution < -0.4 is 0 Å². The Bertz CT molecular complexity index is 317. The molecule has 0 aliphatic carbocycles. The Kier molecular flexibility index (Phi) is 6.58. The molecule has 104 valence electrons. The van der Waals surface area contributed by atoms with Gasteiger partial charge in [0.1, 0.15) is 12.2 Å². The molecule has 0 saturated carbocycles. The van der Waals surface area contributed by atoms with Gasteiger partial charge in [-0.25, -0.2) is 0 Å². The Hall–Kier alpha value is -1.39. The molecule has 0 aromatic carbocycles. The highest BCUT2D eigenvalue weighted by atomic mass is 16.5. The van der Waals surface area contributed by atoms with Gasteiger partial charge in [0.15, 0.2) is 0 Å². The monoisotopic (exact) mass is 258 g/mol. The Morgan fingerprint density at radius 1 is 1.06 bits per heavy atom. The minimum atomic E-state index is -0.550. The second-order valence-electron chi connectivity index (χ2n) is 5.47. The van der Waals surface area contributed by atoms with Gasteiger partial charge < -0.3 is 9.47 Å². The van der Waals surface area contributed by atoms with Gasteiger partial charge in [-0.3, -0.25) is 14.4 Å². The lowest BCUT2D eigenvalue weighted by molar-refractivity contribution is -0.155. The second kappa shape index (κ2) is 7.13. The van der Waals surface area contributed by atoms with Crippen LogP contribution in [0, 0.1) is 11.3 Å². The lowest BCUT2D eigenvalue weighted by Gasteiger charge is -2.24. The van der Waals surface area contributed by atoms with Crippen LogP contribution in [0.15, 0.2) is 0 Å². The van der Waals surface area contributed by atoms with Gasteiger partial charge in [-0.2, -0.15) is 0 Å². The van der Waals surface area contributed by atoms with Gasteiger partial charge in [0.2, 0.25) is 0 Å². The number of hydrogen-bond acceptors (Lipinski definition) is 5. The van der Waals surface area contributed by atoms with Crippen LogP contribution in [0.5, 0.6) is 0 Å². The first-order valence-corrected chi connectivity index (χ1v) is 5.96. The van der Waals surface area contributed by atoms with E-state index in [-0.39, 0.29) is 37.3 Å². The number of carbonyl (C=O) groups is 3. The van der Waals surface area contributed by atoms with Crippen molar-refractivity contribution in [2.45, 2.75) is 41.0 Å². The maximum atomic E-state index is 11.3. The van der Waals surface area contributed by atoms with Gasteiger partial charge in [0.05, 0.1) is 19.1 Å². The maximum absolute atomic E-state index is 11.3. The summed E-state index contributed by atoms with van der Waals surface area (Å²) in [5.41, 5.74) is -0.461. The van der Waals surface area contributed by atoms with E-state index in [0.717, 1.165) is 0 Å². The molecule has 0 aliphatic rings. The molecule has 0 bridgehead atoms. The molecule has 5 heteroatoms. The summed E-state index contributed by atoms with van der Waals surface area (Å²) in [5.74, 6) is -1.24. The molecule has 0 N–H and O–H groups in total. The summed E-state index contributed by atoms with van der Waals surface area (Å²) in [7, 11) is 0. The van der Waals surface area contributed by atoms with Gasteiger partial charge >= 0.3 is 11.9 Å². The molecule has 0 aliphatic heterocycles. The normalized spacial score (nSPS) is 11.2. The Balaban J connectivity index is 4.04. The van der Waals surface area contributed by atoms with E-state index >= 15 is 0 Å². The quantitative estimate of drug-likeness (QED) is 0.514. The molecule has 0 unspecified atom stereocenters. The summed E-state index contributed by atoms with van der Waals surface area (Å²) in [6.07, 6.45) is -0.220. The first-order chi connectivity index (χ1) is 8.14. The zero-order valence-corrected chi connectivity index (χ0v) is 11.7. The molecule has 0 spiro atoms. The van der Waals surface area contributed by atoms with Gasteiger partial charge in [-0.1, -0.05) is 27.7 Å². The first-order valence-electron chi connectivity index (χ1n) is 5.96. The number of ketones is 1. The van der Waals surface area contributed by atoms with Crippen molar-refractivity contribution in [3.8, 4) is 0 Å². The van der Waals surface area contributed by atoms with Crippen molar-refractivity contribution in [1.82, 2.24) is 0 Å². The SMILES string of the molecule is CC(=O)CC(=O)OCC(C)(C)COC(=O)C(C)C. The molecule has 0 atom stereocenters. The number of carbonyl (C=O) groups excluding carboxylic acids is 3. The van der Waals surface area contributed by atoms with Gasteiger partial charge in [-0.15, -0.1) is 0 Å². The van der Waals surface area contributed by atoms with Crippen molar-refractivity contribution >= 4 is 17.7 Å². The zero-order valence-electron chi connectivity index (χ0n) is 11.7. The van der Waals surface area contributed by atoms with Crippen molar-refractivity contribution < 1.29 is 23.9 Å².